The van der Waals surface area contributed by atoms with E-state index in [-0.39, 0.29) is 0 Å². The number of halogens is 4. The molecule has 8 heteroatoms. The van der Waals surface area contributed by atoms with Crippen molar-refractivity contribution in [3.8, 4) is 0 Å². The summed E-state index contributed by atoms with van der Waals surface area (Å²) in [5.41, 5.74) is 11.5. The van der Waals surface area contributed by atoms with Crippen LogP contribution in [-0.4, -0.2) is 31.8 Å². The molecule has 1 saturated heterocycles. The van der Waals surface area contributed by atoms with Crippen LogP contribution in [0.3, 0.4) is 0 Å². The van der Waals surface area contributed by atoms with Crippen LogP contribution in [0.2, 0.25) is 0 Å². The Bertz CT molecular complexity index is 1240. The predicted octanol–water partition coefficient (Wildman–Crippen LogP) is 8.09. The number of hydrogen-bond acceptors (Lipinski definition) is 3. The number of hydrogen-bond donors (Lipinski definition) is 0. The van der Waals surface area contributed by atoms with Crippen molar-refractivity contribution in [3.63, 3.8) is 0 Å². The standard InChI is InChI=1S/C21H27N2.C9H9F2N.2ClH.Ru/c1-14-9-16(3)20(17(4)10-14)22-7-8-23(13-22)21-18(5)11-15(2)12-19(21)6;1-6-4-7(10)5-8(11)9(6)12(2)3;;;/h9-13H,7-8H2,1-6H3;1,4-5H,2-3H3;2*1H;/q-1;;;;+2/p-2. The molecule has 208 valence electrons. The van der Waals surface area contributed by atoms with Crippen molar-refractivity contribution < 1.29 is 22.3 Å². The molecule has 0 amide bonds. The molecule has 0 bridgehead atoms. The molecule has 0 spiro atoms. The monoisotopic (exact) mass is 648 g/mol. The minimum atomic E-state index is -2.09. The van der Waals surface area contributed by atoms with Gasteiger partial charge in [-0.05, 0) is 63.8 Å². The fraction of sp³-hybridized carbons (Fsp3) is 0.333. The van der Waals surface area contributed by atoms with Gasteiger partial charge in [0.05, 0.1) is 0 Å². The summed E-state index contributed by atoms with van der Waals surface area (Å²) in [7, 11) is 14.7. The third kappa shape index (κ3) is 7.34. The fourth-order valence-corrected chi connectivity index (χ4v) is 7.08. The van der Waals surface area contributed by atoms with E-state index in [1.54, 1.807) is 19.0 Å². The molecule has 1 fully saturated rings. The van der Waals surface area contributed by atoms with E-state index in [2.05, 4.69) is 82.3 Å². The molecule has 38 heavy (non-hydrogen) atoms. The van der Waals surface area contributed by atoms with Crippen molar-refractivity contribution in [2.75, 3.05) is 41.9 Å². The summed E-state index contributed by atoms with van der Waals surface area (Å²) in [6.45, 7) is 17.6. The Balaban J connectivity index is 0.000000232. The molecule has 0 aromatic heterocycles. The number of aryl methyl sites for hydroxylation is 6. The van der Waals surface area contributed by atoms with E-state index in [1.165, 1.54) is 55.4 Å². The average molecular weight is 649 g/mol. The van der Waals surface area contributed by atoms with Crippen molar-refractivity contribution in [3.05, 3.63) is 93.6 Å². The first kappa shape index (κ1) is 30.5. The van der Waals surface area contributed by atoms with Gasteiger partial charge >= 0.3 is 100 Å². The minimum Gasteiger partial charge on any atom is -0.502 e. The van der Waals surface area contributed by atoms with Crippen molar-refractivity contribution in [2.24, 2.45) is 0 Å². The summed E-state index contributed by atoms with van der Waals surface area (Å²) in [4.78, 5) is 6.37. The van der Waals surface area contributed by atoms with Crippen LogP contribution in [0.1, 0.15) is 38.9 Å². The Morgan fingerprint density at radius 3 is 1.55 bits per heavy atom. The third-order valence-corrected chi connectivity index (χ3v) is 8.23. The molecular weight excluding hydrogens is 612 g/mol. The molecule has 0 radical (unpaired) electrons. The number of rotatable bonds is 4. The first-order valence-corrected chi connectivity index (χ1v) is 17.8. The number of nitrogens with zero attached hydrogens (tertiary/aromatic N) is 3. The van der Waals surface area contributed by atoms with Crippen LogP contribution < -0.4 is 14.7 Å². The molecule has 1 aliphatic heterocycles. The fourth-order valence-electron chi connectivity index (χ4n) is 5.31. The second-order valence-electron chi connectivity index (χ2n) is 10.0. The molecule has 1 heterocycles. The van der Waals surface area contributed by atoms with Gasteiger partial charge in [0, 0.05) is 24.5 Å². The van der Waals surface area contributed by atoms with E-state index in [9.17, 15) is 8.78 Å². The number of anilines is 3. The first-order valence-electron chi connectivity index (χ1n) is 12.3. The maximum atomic E-state index is 13.4. The molecule has 3 aromatic carbocycles. The normalized spacial score (nSPS) is 13.3. The Morgan fingerprint density at radius 1 is 0.763 bits per heavy atom. The van der Waals surface area contributed by atoms with Crippen LogP contribution in [0.5, 0.6) is 0 Å². The van der Waals surface area contributed by atoms with Gasteiger partial charge in [-0.3, -0.25) is 0 Å². The summed E-state index contributed by atoms with van der Waals surface area (Å²) in [6, 6.07) is 11.2. The molecule has 0 N–H and O–H groups in total. The molecule has 4 rings (SSSR count). The molecular formula is C30H36Cl2F2N3Ru-. The quantitative estimate of drug-likeness (QED) is 0.209. The van der Waals surface area contributed by atoms with Gasteiger partial charge in [-0.25, -0.2) is 0 Å². The second-order valence-corrected chi connectivity index (χ2v) is 15.7. The molecule has 3 nitrogen and oxygen atoms in total. The molecule has 1 aliphatic rings. The van der Waals surface area contributed by atoms with Crippen LogP contribution in [0.4, 0.5) is 25.8 Å². The summed E-state index contributed by atoms with van der Waals surface area (Å²) >= 11 is -2.09. The maximum Gasteiger partial charge on any atom is 0.0146 e. The SMILES string of the molecule is CN(C)c1c(F)cc(F)cc1[CH]=[Ru]([Cl])[Cl].Cc1cc(C)c(N2[CH-]N(c3c(C)cc(C)cc3C)CC2)c(C)c1. The molecule has 0 saturated carbocycles. The smallest absolute Gasteiger partial charge is 0.0146 e. The number of benzene rings is 3. The molecule has 0 unspecified atom stereocenters. The Labute approximate surface area is 239 Å². The Kier molecular flexibility index (Phi) is 10.4. The zero-order chi connectivity index (χ0) is 28.3. The van der Waals surface area contributed by atoms with Crippen LogP contribution in [-0.2, 0) is 13.5 Å². The maximum absolute atomic E-state index is 13.4. The van der Waals surface area contributed by atoms with E-state index in [1.807, 2.05) is 0 Å². The predicted molar refractivity (Wildman–Crippen MR) is 158 cm³/mol. The van der Waals surface area contributed by atoms with Gasteiger partial charge in [0.15, 0.2) is 0 Å². The molecule has 0 aliphatic carbocycles. The zero-order valence-corrected chi connectivity index (χ0v) is 26.5. The molecule has 0 atom stereocenters. The summed E-state index contributed by atoms with van der Waals surface area (Å²) in [5, 5.41) is 0. The Hall–Kier alpha value is -2.01. The average Bonchev–Trinajstić information content (AvgIpc) is 3.20. The van der Waals surface area contributed by atoms with Gasteiger partial charge < -0.3 is 9.80 Å². The van der Waals surface area contributed by atoms with E-state index in [0.29, 0.717) is 11.3 Å². The van der Waals surface area contributed by atoms with Gasteiger partial charge in [-0.2, -0.15) is 6.67 Å². The summed E-state index contributed by atoms with van der Waals surface area (Å²) in [6.07, 6.45) is 0. The zero-order valence-electron chi connectivity index (χ0n) is 23.2. The van der Waals surface area contributed by atoms with Gasteiger partial charge in [0.25, 0.3) is 0 Å². The third-order valence-electron chi connectivity index (χ3n) is 6.40. The summed E-state index contributed by atoms with van der Waals surface area (Å²) in [5.74, 6) is -1.25. The van der Waals surface area contributed by atoms with Crippen LogP contribution in [0.25, 0.3) is 0 Å². The van der Waals surface area contributed by atoms with Crippen LogP contribution >= 0.6 is 19.4 Å². The van der Waals surface area contributed by atoms with Gasteiger partial charge in [0.1, 0.15) is 0 Å². The first-order chi connectivity index (χ1) is 17.8. The minimum absolute atomic E-state index is 0.302. The van der Waals surface area contributed by atoms with Crippen molar-refractivity contribution in [2.45, 2.75) is 41.5 Å². The van der Waals surface area contributed by atoms with Gasteiger partial charge in [-0.1, -0.05) is 35.4 Å². The van der Waals surface area contributed by atoms with Crippen molar-refractivity contribution in [1.82, 2.24) is 0 Å². The molecule has 3 aromatic rings. The van der Waals surface area contributed by atoms with E-state index < -0.39 is 25.2 Å². The van der Waals surface area contributed by atoms with Crippen LogP contribution in [0, 0.1) is 59.8 Å². The van der Waals surface area contributed by atoms with E-state index in [4.69, 9.17) is 19.4 Å². The Morgan fingerprint density at radius 2 is 1.18 bits per heavy atom. The topological polar surface area (TPSA) is 9.72 Å². The van der Waals surface area contributed by atoms with Crippen molar-refractivity contribution in [1.29, 1.82) is 0 Å². The second kappa shape index (κ2) is 12.9. The van der Waals surface area contributed by atoms with Crippen molar-refractivity contribution >= 4 is 41.1 Å². The van der Waals surface area contributed by atoms with Gasteiger partial charge in [0.2, 0.25) is 0 Å². The van der Waals surface area contributed by atoms with Gasteiger partial charge in [-0.15, -0.1) is 0 Å². The van der Waals surface area contributed by atoms with E-state index in [0.717, 1.165) is 19.2 Å². The summed E-state index contributed by atoms with van der Waals surface area (Å²) < 4.78 is 27.9. The van der Waals surface area contributed by atoms with E-state index >= 15 is 0 Å². The van der Waals surface area contributed by atoms with Crippen LogP contribution in [0.15, 0.2) is 36.4 Å². The largest absolute Gasteiger partial charge is 0.502 e.